The van der Waals surface area contributed by atoms with Crippen LogP contribution in [-0.2, 0) is 6.18 Å². The maximum atomic E-state index is 13.3. The fourth-order valence-electron chi connectivity index (χ4n) is 5.06. The lowest BCUT2D eigenvalue weighted by atomic mass is 9.94. The topological polar surface area (TPSA) is 80.9 Å². The van der Waals surface area contributed by atoms with Crippen LogP contribution in [0, 0.1) is 5.41 Å². The molecule has 6 nitrogen and oxygen atoms in total. The molecule has 1 atom stereocenters. The molecular weight excluding hydrogens is 553 g/mol. The molecule has 0 bridgehead atoms. The number of halogens is 4. The summed E-state index contributed by atoms with van der Waals surface area (Å²) in [6, 6.07) is 18.9. The van der Waals surface area contributed by atoms with Gasteiger partial charge in [-0.25, -0.2) is 4.99 Å². The van der Waals surface area contributed by atoms with Gasteiger partial charge in [-0.1, -0.05) is 48.0 Å². The Morgan fingerprint density at radius 3 is 2.46 bits per heavy atom. The average Bonchev–Trinajstić information content (AvgIpc) is 3.47. The third-order valence-electron chi connectivity index (χ3n) is 7.15. The number of amidine groups is 1. The van der Waals surface area contributed by atoms with Crippen molar-refractivity contribution >= 4 is 34.4 Å². The zero-order chi connectivity index (χ0) is 29.1. The van der Waals surface area contributed by atoms with E-state index in [4.69, 9.17) is 21.3 Å². The Kier molecular flexibility index (Phi) is 8.19. The first-order valence-corrected chi connectivity index (χ1v) is 13.4. The molecule has 2 heterocycles. The van der Waals surface area contributed by atoms with Gasteiger partial charge in [-0.3, -0.25) is 5.41 Å². The van der Waals surface area contributed by atoms with Crippen molar-refractivity contribution < 1.29 is 23.0 Å². The standard InChI is InChI=1S/C31H28ClF3N4O2/c1-41-26-7-3-2-6-24(26)29(36)28(20-10-14-22(32)15-11-20)30-37-25(19-8-12-21(13-9-19)31(33,34)35)17-27(38-30)39-16-4-5-23(39)18-40/h2-3,6-15,17,23,36-37,40H,4-5,16,18H2,1H3/b30-28+,36-29?. The molecule has 2 aliphatic heterocycles. The Bertz CT molecular complexity index is 1530. The number of methoxy groups -OCH3 is 1. The zero-order valence-corrected chi connectivity index (χ0v) is 22.9. The highest BCUT2D eigenvalue weighted by atomic mass is 35.5. The van der Waals surface area contributed by atoms with E-state index in [9.17, 15) is 23.7 Å². The van der Waals surface area contributed by atoms with Crippen LogP contribution in [0.3, 0.4) is 0 Å². The third-order valence-corrected chi connectivity index (χ3v) is 7.41. The van der Waals surface area contributed by atoms with Crippen LogP contribution in [0.2, 0.25) is 5.02 Å². The van der Waals surface area contributed by atoms with Crippen LogP contribution < -0.4 is 10.1 Å². The molecule has 41 heavy (non-hydrogen) atoms. The second-order valence-electron chi connectivity index (χ2n) is 9.71. The molecule has 3 N–H and O–H groups in total. The Morgan fingerprint density at radius 1 is 1.10 bits per heavy atom. The van der Waals surface area contributed by atoms with Gasteiger partial charge >= 0.3 is 6.18 Å². The van der Waals surface area contributed by atoms with Crippen molar-refractivity contribution in [2.75, 3.05) is 20.3 Å². The molecular formula is C31H28ClF3N4O2. The molecule has 0 radical (unpaired) electrons. The van der Waals surface area contributed by atoms with Crippen LogP contribution in [0.4, 0.5) is 13.2 Å². The number of likely N-dealkylation sites (tertiary alicyclic amines) is 1. The van der Waals surface area contributed by atoms with Gasteiger partial charge < -0.3 is 20.1 Å². The lowest BCUT2D eigenvalue weighted by Gasteiger charge is -2.30. The van der Waals surface area contributed by atoms with E-state index in [2.05, 4.69) is 5.32 Å². The summed E-state index contributed by atoms with van der Waals surface area (Å²) in [4.78, 5) is 6.92. The van der Waals surface area contributed by atoms with E-state index < -0.39 is 11.7 Å². The summed E-state index contributed by atoms with van der Waals surface area (Å²) in [5.41, 5.74) is 2.05. The van der Waals surface area contributed by atoms with Gasteiger partial charge in [-0.2, -0.15) is 13.2 Å². The average molecular weight is 581 g/mol. The molecule has 3 aromatic carbocycles. The Morgan fingerprint density at radius 2 is 1.80 bits per heavy atom. The number of alkyl halides is 3. The SMILES string of the molecule is COc1ccccc1C(=N)/C(=C1/N=C(N2CCCC2CO)C=C(c2ccc(C(F)(F)F)cc2)N1)c1ccc(Cl)cc1. The maximum absolute atomic E-state index is 13.3. The summed E-state index contributed by atoms with van der Waals surface area (Å²) in [5.74, 6) is 1.38. The molecule has 0 amide bonds. The third kappa shape index (κ3) is 6.01. The normalized spacial score (nSPS) is 18.4. The lowest BCUT2D eigenvalue weighted by Crippen LogP contribution is -2.39. The highest BCUT2D eigenvalue weighted by molar-refractivity contribution is 6.33. The number of aliphatic hydroxyl groups is 1. The molecule has 212 valence electrons. The Hall–Kier alpha value is -4.08. The number of hydrogen-bond donors (Lipinski definition) is 3. The second-order valence-corrected chi connectivity index (χ2v) is 10.1. The van der Waals surface area contributed by atoms with E-state index in [0.29, 0.717) is 56.9 Å². The Balaban J connectivity index is 1.70. The number of aliphatic imine (C=N–C) groups is 1. The van der Waals surface area contributed by atoms with Gasteiger partial charge in [0.2, 0.25) is 0 Å². The molecule has 5 rings (SSSR count). The van der Waals surface area contributed by atoms with Gasteiger partial charge in [0.25, 0.3) is 0 Å². The van der Waals surface area contributed by atoms with E-state index in [1.54, 1.807) is 42.5 Å². The molecule has 3 aromatic rings. The van der Waals surface area contributed by atoms with Gasteiger partial charge in [0, 0.05) is 23.2 Å². The van der Waals surface area contributed by atoms with E-state index >= 15 is 0 Å². The summed E-state index contributed by atoms with van der Waals surface area (Å²) in [6.45, 7) is 0.602. The summed E-state index contributed by atoms with van der Waals surface area (Å²) in [5, 5.41) is 23.1. The van der Waals surface area contributed by atoms with E-state index in [-0.39, 0.29) is 18.4 Å². The van der Waals surface area contributed by atoms with Gasteiger partial charge in [-0.15, -0.1) is 0 Å². The minimum atomic E-state index is -4.46. The van der Waals surface area contributed by atoms with Crippen LogP contribution in [-0.4, -0.2) is 47.9 Å². The number of allylic oxidation sites excluding steroid dienone is 1. The number of rotatable bonds is 6. The summed E-state index contributed by atoms with van der Waals surface area (Å²) >= 11 is 6.18. The van der Waals surface area contributed by atoms with E-state index in [0.717, 1.165) is 25.0 Å². The molecule has 1 unspecified atom stereocenters. The molecule has 1 fully saturated rings. The van der Waals surface area contributed by atoms with Crippen molar-refractivity contribution in [1.82, 2.24) is 10.2 Å². The van der Waals surface area contributed by atoms with Crippen LogP contribution in [0.5, 0.6) is 5.75 Å². The number of aliphatic hydroxyl groups excluding tert-OH is 1. The van der Waals surface area contributed by atoms with Crippen molar-refractivity contribution in [2.45, 2.75) is 25.1 Å². The van der Waals surface area contributed by atoms with Crippen LogP contribution in [0.25, 0.3) is 11.3 Å². The van der Waals surface area contributed by atoms with Crippen molar-refractivity contribution in [3.05, 3.63) is 112 Å². The molecule has 2 aliphatic rings. The van der Waals surface area contributed by atoms with Gasteiger partial charge in [0.15, 0.2) is 0 Å². The number of hydrogen-bond acceptors (Lipinski definition) is 6. The minimum Gasteiger partial charge on any atom is -0.496 e. The first-order chi connectivity index (χ1) is 19.7. The quantitative estimate of drug-likeness (QED) is 0.287. The number of nitrogens with zero attached hydrogens (tertiary/aromatic N) is 2. The van der Waals surface area contributed by atoms with Crippen molar-refractivity contribution in [1.29, 1.82) is 5.41 Å². The van der Waals surface area contributed by atoms with Crippen LogP contribution in [0.1, 0.15) is 35.1 Å². The second kappa shape index (κ2) is 11.8. The number of benzene rings is 3. The van der Waals surface area contributed by atoms with Gasteiger partial charge in [0.05, 0.1) is 42.3 Å². The van der Waals surface area contributed by atoms with Crippen LogP contribution in [0.15, 0.2) is 89.7 Å². The highest BCUT2D eigenvalue weighted by Gasteiger charge is 2.32. The van der Waals surface area contributed by atoms with Crippen molar-refractivity contribution in [3.63, 3.8) is 0 Å². The number of nitrogens with one attached hydrogen (secondary N) is 2. The summed E-state index contributed by atoms with van der Waals surface area (Å²) in [7, 11) is 1.53. The lowest BCUT2D eigenvalue weighted by molar-refractivity contribution is -0.137. The molecule has 0 aliphatic carbocycles. The largest absolute Gasteiger partial charge is 0.496 e. The highest BCUT2D eigenvalue weighted by Crippen LogP contribution is 2.34. The predicted octanol–water partition coefficient (Wildman–Crippen LogP) is 6.60. The molecule has 0 saturated carbocycles. The fraction of sp³-hybridized carbons (Fsp3) is 0.226. The number of para-hydroxylation sites is 1. The molecule has 10 heteroatoms. The maximum Gasteiger partial charge on any atom is 0.416 e. The smallest absolute Gasteiger partial charge is 0.416 e. The monoisotopic (exact) mass is 580 g/mol. The van der Waals surface area contributed by atoms with Crippen molar-refractivity contribution in [2.24, 2.45) is 4.99 Å². The predicted molar refractivity (Wildman–Crippen MR) is 155 cm³/mol. The van der Waals surface area contributed by atoms with Crippen LogP contribution >= 0.6 is 11.6 Å². The van der Waals surface area contributed by atoms with Crippen molar-refractivity contribution in [3.8, 4) is 5.75 Å². The number of ether oxygens (including phenoxy) is 1. The molecule has 0 spiro atoms. The summed E-state index contributed by atoms with van der Waals surface area (Å²) in [6.07, 6.45) is -1.04. The van der Waals surface area contributed by atoms with E-state index in [1.165, 1.54) is 19.2 Å². The molecule has 0 aromatic heterocycles. The minimum absolute atomic E-state index is 0.0595. The first-order valence-electron chi connectivity index (χ1n) is 13.0. The zero-order valence-electron chi connectivity index (χ0n) is 22.2. The van der Waals surface area contributed by atoms with E-state index in [1.807, 2.05) is 17.0 Å². The van der Waals surface area contributed by atoms with Gasteiger partial charge in [0.1, 0.15) is 17.4 Å². The fourth-order valence-corrected chi connectivity index (χ4v) is 5.18. The summed E-state index contributed by atoms with van der Waals surface area (Å²) < 4.78 is 45.4. The molecule has 1 saturated heterocycles. The Labute approximate surface area is 240 Å². The first kappa shape index (κ1) is 28.4. The van der Waals surface area contributed by atoms with Gasteiger partial charge in [-0.05, 0) is 60.4 Å².